The number of benzene rings is 1. The summed E-state index contributed by atoms with van der Waals surface area (Å²) in [4.78, 5) is 8.66. The molecule has 0 fully saturated rings. The van der Waals surface area contributed by atoms with Gasteiger partial charge in [-0.15, -0.1) is 11.3 Å². The number of hydrogen-bond donors (Lipinski definition) is 1. The normalized spacial score (nSPS) is 10.9. The summed E-state index contributed by atoms with van der Waals surface area (Å²) < 4.78 is 2.29. The molecule has 0 saturated carbocycles. The number of rotatable bonds is 3. The molecule has 0 unspecified atom stereocenters. The van der Waals surface area contributed by atoms with Gasteiger partial charge in [0.2, 0.25) is 0 Å². The third-order valence-electron chi connectivity index (χ3n) is 2.55. The van der Waals surface area contributed by atoms with Crippen LogP contribution in [0, 0.1) is 0 Å². The van der Waals surface area contributed by atoms with Crippen molar-refractivity contribution in [1.29, 1.82) is 0 Å². The first-order chi connectivity index (χ1) is 8.83. The van der Waals surface area contributed by atoms with Crippen molar-refractivity contribution in [3.8, 4) is 0 Å². The van der Waals surface area contributed by atoms with Crippen LogP contribution in [-0.4, -0.2) is 9.97 Å². The molecule has 3 rings (SSSR count). The highest BCUT2D eigenvalue weighted by Gasteiger charge is 2.05. The van der Waals surface area contributed by atoms with Gasteiger partial charge < -0.3 is 5.73 Å². The second-order valence-corrected chi connectivity index (χ2v) is 6.04. The molecule has 1 aromatic carbocycles. The molecule has 0 aliphatic rings. The van der Waals surface area contributed by atoms with E-state index in [-0.39, 0.29) is 0 Å². The number of hydrogen-bond acceptors (Lipinski definition) is 5. The SMILES string of the molecule is Nc1ncccc1CSc1nc2ccccc2s1. The van der Waals surface area contributed by atoms with Crippen LogP contribution in [0.15, 0.2) is 46.9 Å². The van der Waals surface area contributed by atoms with Crippen LogP contribution in [0.2, 0.25) is 0 Å². The predicted octanol–water partition coefficient (Wildman–Crippen LogP) is 3.57. The van der Waals surface area contributed by atoms with Gasteiger partial charge in [-0.2, -0.15) is 0 Å². The molecule has 3 nitrogen and oxygen atoms in total. The van der Waals surface area contributed by atoms with Crippen LogP contribution in [0.1, 0.15) is 5.56 Å². The van der Waals surface area contributed by atoms with Gasteiger partial charge in [0.1, 0.15) is 5.82 Å². The molecule has 2 aromatic heterocycles. The first kappa shape index (κ1) is 11.5. The largest absolute Gasteiger partial charge is 0.383 e. The Balaban J connectivity index is 1.79. The summed E-state index contributed by atoms with van der Waals surface area (Å²) in [6, 6.07) is 12.1. The second kappa shape index (κ2) is 4.96. The molecular weight excluding hydrogens is 262 g/mol. The average molecular weight is 273 g/mol. The van der Waals surface area contributed by atoms with Gasteiger partial charge in [0.15, 0.2) is 4.34 Å². The number of fused-ring (bicyclic) bond motifs is 1. The summed E-state index contributed by atoms with van der Waals surface area (Å²) in [6.07, 6.45) is 1.71. The van der Waals surface area contributed by atoms with E-state index in [1.807, 2.05) is 30.3 Å². The third kappa shape index (κ3) is 2.32. The summed E-state index contributed by atoms with van der Waals surface area (Å²) in [6.45, 7) is 0. The van der Waals surface area contributed by atoms with Crippen LogP contribution in [0.3, 0.4) is 0 Å². The van der Waals surface area contributed by atoms with Crippen LogP contribution in [0.5, 0.6) is 0 Å². The van der Waals surface area contributed by atoms with Crippen molar-refractivity contribution in [3.05, 3.63) is 48.2 Å². The van der Waals surface area contributed by atoms with Gasteiger partial charge in [-0.05, 0) is 18.2 Å². The van der Waals surface area contributed by atoms with Crippen molar-refractivity contribution in [2.24, 2.45) is 0 Å². The van der Waals surface area contributed by atoms with Crippen molar-refractivity contribution in [2.75, 3.05) is 5.73 Å². The number of nitrogen functional groups attached to an aromatic ring is 1. The molecule has 0 atom stereocenters. The highest BCUT2D eigenvalue weighted by Crippen LogP contribution is 2.31. The third-order valence-corrected chi connectivity index (χ3v) is 4.78. The van der Waals surface area contributed by atoms with Crippen LogP contribution in [0.25, 0.3) is 10.2 Å². The van der Waals surface area contributed by atoms with Crippen molar-refractivity contribution in [3.63, 3.8) is 0 Å². The van der Waals surface area contributed by atoms with E-state index in [9.17, 15) is 0 Å². The number of thioether (sulfide) groups is 1. The monoisotopic (exact) mass is 273 g/mol. The second-order valence-electron chi connectivity index (χ2n) is 3.78. The summed E-state index contributed by atoms with van der Waals surface area (Å²) in [5.41, 5.74) is 7.93. The highest BCUT2D eigenvalue weighted by molar-refractivity contribution is 8.00. The minimum Gasteiger partial charge on any atom is -0.383 e. The van der Waals surface area contributed by atoms with Gasteiger partial charge in [0, 0.05) is 17.5 Å². The zero-order valence-corrected chi connectivity index (χ0v) is 11.2. The number of aromatic nitrogens is 2. The van der Waals surface area contributed by atoms with Crippen LogP contribution in [0.4, 0.5) is 5.82 Å². The van der Waals surface area contributed by atoms with Gasteiger partial charge in [-0.3, -0.25) is 0 Å². The molecule has 0 aliphatic heterocycles. The van der Waals surface area contributed by atoms with Crippen molar-refractivity contribution in [1.82, 2.24) is 9.97 Å². The fraction of sp³-hybridized carbons (Fsp3) is 0.0769. The molecule has 3 aromatic rings. The van der Waals surface area contributed by atoms with Crippen molar-refractivity contribution >= 4 is 39.1 Å². The first-order valence-corrected chi connectivity index (χ1v) is 7.31. The summed E-state index contributed by atoms with van der Waals surface area (Å²) in [7, 11) is 0. The minimum atomic E-state index is 0.603. The number of pyridine rings is 1. The van der Waals surface area contributed by atoms with Gasteiger partial charge in [0.25, 0.3) is 0 Å². The molecule has 0 bridgehead atoms. The van der Waals surface area contributed by atoms with Crippen LogP contribution < -0.4 is 5.73 Å². The molecule has 0 radical (unpaired) electrons. The van der Waals surface area contributed by atoms with Gasteiger partial charge in [-0.1, -0.05) is 30.0 Å². The van der Waals surface area contributed by atoms with Crippen molar-refractivity contribution in [2.45, 2.75) is 10.1 Å². The number of thiazole rings is 1. The Morgan fingerprint density at radius 2 is 2.06 bits per heavy atom. The standard InChI is InChI=1S/C13H11N3S2/c14-12-9(4-3-7-15-12)8-17-13-16-10-5-1-2-6-11(10)18-13/h1-7H,8H2,(H2,14,15). The fourth-order valence-electron chi connectivity index (χ4n) is 1.63. The zero-order valence-electron chi connectivity index (χ0n) is 9.54. The van der Waals surface area contributed by atoms with E-state index >= 15 is 0 Å². The lowest BCUT2D eigenvalue weighted by Crippen LogP contribution is -1.94. The number of nitrogens with zero attached hydrogens (tertiary/aromatic N) is 2. The van der Waals surface area contributed by atoms with E-state index in [0.29, 0.717) is 5.82 Å². The van der Waals surface area contributed by atoms with E-state index in [1.165, 1.54) is 4.70 Å². The molecule has 0 amide bonds. The quantitative estimate of drug-likeness (QED) is 0.741. The Bertz CT molecular complexity index is 646. The lowest BCUT2D eigenvalue weighted by molar-refractivity contribution is 1.25. The molecule has 2 N–H and O–H groups in total. The number of para-hydroxylation sites is 1. The maximum absolute atomic E-state index is 5.82. The minimum absolute atomic E-state index is 0.603. The average Bonchev–Trinajstić information content (AvgIpc) is 2.80. The lowest BCUT2D eigenvalue weighted by atomic mass is 10.3. The number of anilines is 1. The van der Waals surface area contributed by atoms with Crippen LogP contribution in [-0.2, 0) is 5.75 Å². The summed E-state index contributed by atoms with van der Waals surface area (Å²) in [5.74, 6) is 1.41. The van der Waals surface area contributed by atoms with Gasteiger partial charge >= 0.3 is 0 Å². The van der Waals surface area contributed by atoms with Gasteiger partial charge in [-0.25, -0.2) is 9.97 Å². The molecule has 18 heavy (non-hydrogen) atoms. The summed E-state index contributed by atoms with van der Waals surface area (Å²) in [5, 5.41) is 0. The van der Waals surface area contributed by atoms with Gasteiger partial charge in [0.05, 0.1) is 10.2 Å². The predicted molar refractivity (Wildman–Crippen MR) is 77.8 cm³/mol. The zero-order chi connectivity index (χ0) is 12.4. The van der Waals surface area contributed by atoms with E-state index < -0.39 is 0 Å². The Morgan fingerprint density at radius 1 is 1.17 bits per heavy atom. The Kier molecular flexibility index (Phi) is 3.17. The Morgan fingerprint density at radius 3 is 2.89 bits per heavy atom. The summed E-state index contributed by atoms with van der Waals surface area (Å²) >= 11 is 3.41. The van der Waals surface area contributed by atoms with E-state index in [4.69, 9.17) is 5.73 Å². The highest BCUT2D eigenvalue weighted by atomic mass is 32.2. The lowest BCUT2D eigenvalue weighted by Gasteiger charge is -2.01. The number of nitrogens with two attached hydrogens (primary N) is 1. The topological polar surface area (TPSA) is 51.8 Å². The molecule has 90 valence electrons. The Labute approximate surface area is 113 Å². The molecule has 0 spiro atoms. The maximum Gasteiger partial charge on any atom is 0.151 e. The van der Waals surface area contributed by atoms with Crippen LogP contribution >= 0.6 is 23.1 Å². The van der Waals surface area contributed by atoms with E-state index in [0.717, 1.165) is 21.2 Å². The maximum atomic E-state index is 5.82. The molecule has 0 aliphatic carbocycles. The fourth-order valence-corrected chi connectivity index (χ4v) is 3.69. The van der Waals surface area contributed by atoms with Crippen molar-refractivity contribution < 1.29 is 0 Å². The molecule has 0 saturated heterocycles. The smallest absolute Gasteiger partial charge is 0.151 e. The molecule has 5 heteroatoms. The Hall–Kier alpha value is -1.59. The van der Waals surface area contributed by atoms with E-state index in [1.54, 1.807) is 29.3 Å². The molecular formula is C13H11N3S2. The molecule has 2 heterocycles. The van der Waals surface area contributed by atoms with E-state index in [2.05, 4.69) is 16.0 Å². The first-order valence-electron chi connectivity index (χ1n) is 5.50.